The minimum Gasteiger partial charge on any atom is -0.480 e. The topological polar surface area (TPSA) is 133 Å². The van der Waals surface area contributed by atoms with Gasteiger partial charge in [-0.25, -0.2) is 9.59 Å². The quantitative estimate of drug-likeness (QED) is 0.493. The van der Waals surface area contributed by atoms with Crippen molar-refractivity contribution in [3.05, 3.63) is 71.8 Å². The summed E-state index contributed by atoms with van der Waals surface area (Å²) in [5, 5.41) is 22.8. The van der Waals surface area contributed by atoms with Crippen molar-refractivity contribution < 1.29 is 29.4 Å². The minimum absolute atomic E-state index is 0.0123. The van der Waals surface area contributed by atoms with E-state index in [1.54, 1.807) is 60.7 Å². The molecular weight excluding hydrogens is 364 g/mol. The van der Waals surface area contributed by atoms with Crippen molar-refractivity contribution >= 4 is 23.8 Å². The second-order valence-corrected chi connectivity index (χ2v) is 6.11. The van der Waals surface area contributed by atoms with Gasteiger partial charge in [0.15, 0.2) is 0 Å². The number of carboxylic acid groups (broad SMARTS) is 2. The molecule has 146 valence electrons. The molecule has 0 aliphatic heterocycles. The highest BCUT2D eigenvalue weighted by molar-refractivity contribution is 6.35. The zero-order valence-electron chi connectivity index (χ0n) is 14.9. The highest BCUT2D eigenvalue weighted by Crippen LogP contribution is 2.05. The number of amides is 2. The second-order valence-electron chi connectivity index (χ2n) is 6.11. The third-order valence-electron chi connectivity index (χ3n) is 3.98. The molecule has 2 atom stereocenters. The Kier molecular flexibility index (Phi) is 7.27. The molecule has 0 heterocycles. The number of hydrogen-bond acceptors (Lipinski definition) is 4. The van der Waals surface area contributed by atoms with Gasteiger partial charge in [-0.1, -0.05) is 60.7 Å². The molecule has 0 saturated carbocycles. The van der Waals surface area contributed by atoms with Gasteiger partial charge in [-0.05, 0) is 11.1 Å². The van der Waals surface area contributed by atoms with E-state index < -0.39 is 35.8 Å². The van der Waals surface area contributed by atoms with Gasteiger partial charge in [0.1, 0.15) is 12.1 Å². The lowest BCUT2D eigenvalue weighted by Gasteiger charge is -2.17. The van der Waals surface area contributed by atoms with Crippen LogP contribution < -0.4 is 10.6 Å². The van der Waals surface area contributed by atoms with Gasteiger partial charge in [0.25, 0.3) is 0 Å². The van der Waals surface area contributed by atoms with Crippen LogP contribution in [-0.4, -0.2) is 46.0 Å². The van der Waals surface area contributed by atoms with Crippen molar-refractivity contribution in [2.24, 2.45) is 0 Å². The van der Waals surface area contributed by atoms with Gasteiger partial charge in [0.05, 0.1) is 0 Å². The number of carbonyl (C=O) groups is 4. The van der Waals surface area contributed by atoms with Gasteiger partial charge in [-0.3, -0.25) is 9.59 Å². The van der Waals surface area contributed by atoms with E-state index in [1.807, 2.05) is 0 Å². The molecule has 0 saturated heterocycles. The number of carboxylic acids is 2. The fourth-order valence-electron chi connectivity index (χ4n) is 2.55. The van der Waals surface area contributed by atoms with E-state index >= 15 is 0 Å². The average molecular weight is 384 g/mol. The van der Waals surface area contributed by atoms with Gasteiger partial charge in [0, 0.05) is 12.8 Å². The molecule has 2 amide bonds. The standard InChI is InChI=1S/C20H20N2O6/c23-17(21-15(19(25)26)11-13-7-3-1-4-8-13)18(24)22-16(20(27)28)12-14-9-5-2-6-10-14/h1-10,15-16H,11-12H2,(H,21,23)(H,22,24)(H,25,26)(H,27,28)/t15-,16+. The summed E-state index contributed by atoms with van der Waals surface area (Å²) >= 11 is 0. The highest BCUT2D eigenvalue weighted by atomic mass is 16.4. The Morgan fingerprint density at radius 1 is 0.643 bits per heavy atom. The first-order valence-electron chi connectivity index (χ1n) is 8.51. The van der Waals surface area contributed by atoms with E-state index in [-0.39, 0.29) is 12.8 Å². The molecule has 0 aromatic heterocycles. The molecule has 2 aromatic rings. The fourth-order valence-corrected chi connectivity index (χ4v) is 2.55. The first-order valence-corrected chi connectivity index (χ1v) is 8.51. The smallest absolute Gasteiger partial charge is 0.326 e. The minimum atomic E-state index is -1.32. The summed E-state index contributed by atoms with van der Waals surface area (Å²) in [6.07, 6.45) is -0.0247. The Bertz CT molecular complexity index is 767. The summed E-state index contributed by atoms with van der Waals surface area (Å²) in [6, 6.07) is 14.6. The van der Waals surface area contributed by atoms with Crippen LogP contribution in [-0.2, 0) is 32.0 Å². The van der Waals surface area contributed by atoms with Crippen molar-refractivity contribution in [3.8, 4) is 0 Å². The Labute approximate surface area is 161 Å². The van der Waals surface area contributed by atoms with Crippen molar-refractivity contribution in [1.29, 1.82) is 0 Å². The maximum absolute atomic E-state index is 12.1. The van der Waals surface area contributed by atoms with E-state index in [4.69, 9.17) is 0 Å². The molecule has 8 heteroatoms. The lowest BCUT2D eigenvalue weighted by molar-refractivity contribution is -0.147. The van der Waals surface area contributed by atoms with Crippen LogP contribution in [0, 0.1) is 0 Å². The zero-order valence-corrected chi connectivity index (χ0v) is 14.9. The molecule has 28 heavy (non-hydrogen) atoms. The van der Waals surface area contributed by atoms with Crippen molar-refractivity contribution in [2.45, 2.75) is 24.9 Å². The number of rotatable bonds is 8. The van der Waals surface area contributed by atoms with Crippen LogP contribution >= 0.6 is 0 Å². The van der Waals surface area contributed by atoms with Gasteiger partial charge in [0.2, 0.25) is 0 Å². The monoisotopic (exact) mass is 384 g/mol. The molecule has 0 aliphatic rings. The SMILES string of the molecule is O=C(N[C@@H](Cc1ccccc1)C(=O)O)C(=O)N[C@H](Cc1ccccc1)C(=O)O. The molecule has 4 N–H and O–H groups in total. The first kappa shape index (κ1) is 20.6. The van der Waals surface area contributed by atoms with E-state index in [2.05, 4.69) is 10.6 Å². The maximum atomic E-state index is 12.1. The maximum Gasteiger partial charge on any atom is 0.326 e. The number of carbonyl (C=O) groups excluding carboxylic acids is 2. The van der Waals surface area contributed by atoms with Crippen LogP contribution in [0.3, 0.4) is 0 Å². The molecule has 0 aliphatic carbocycles. The summed E-state index contributed by atoms with van der Waals surface area (Å²) < 4.78 is 0. The number of aliphatic carboxylic acids is 2. The lowest BCUT2D eigenvalue weighted by Crippen LogP contribution is -2.52. The molecule has 0 spiro atoms. The second kappa shape index (κ2) is 9.86. The predicted molar refractivity (Wildman–Crippen MR) is 99.4 cm³/mol. The molecule has 8 nitrogen and oxygen atoms in total. The Hall–Kier alpha value is -3.68. The van der Waals surface area contributed by atoms with Gasteiger partial charge in [-0.15, -0.1) is 0 Å². The van der Waals surface area contributed by atoms with E-state index in [0.29, 0.717) is 11.1 Å². The van der Waals surface area contributed by atoms with Crippen LogP contribution in [0.15, 0.2) is 60.7 Å². The Morgan fingerprint density at radius 3 is 1.25 bits per heavy atom. The Morgan fingerprint density at radius 2 is 0.964 bits per heavy atom. The van der Waals surface area contributed by atoms with Crippen molar-refractivity contribution in [3.63, 3.8) is 0 Å². The number of benzene rings is 2. The normalized spacial score (nSPS) is 12.4. The molecule has 0 fully saturated rings. The van der Waals surface area contributed by atoms with E-state index in [0.717, 1.165) is 0 Å². The Balaban J connectivity index is 1.99. The number of nitrogens with one attached hydrogen (secondary N) is 2. The number of hydrogen-bond donors (Lipinski definition) is 4. The average Bonchev–Trinajstić information content (AvgIpc) is 2.68. The summed E-state index contributed by atoms with van der Waals surface area (Å²) in [6.45, 7) is 0. The molecule has 0 bridgehead atoms. The van der Waals surface area contributed by atoms with Crippen LogP contribution in [0.25, 0.3) is 0 Å². The third kappa shape index (κ3) is 6.24. The van der Waals surface area contributed by atoms with Gasteiger partial charge in [-0.2, -0.15) is 0 Å². The summed E-state index contributed by atoms with van der Waals surface area (Å²) in [7, 11) is 0. The van der Waals surface area contributed by atoms with Gasteiger partial charge >= 0.3 is 23.8 Å². The molecule has 0 unspecified atom stereocenters. The molecule has 2 aromatic carbocycles. The van der Waals surface area contributed by atoms with Crippen molar-refractivity contribution in [1.82, 2.24) is 10.6 Å². The van der Waals surface area contributed by atoms with E-state index in [9.17, 15) is 29.4 Å². The molecule has 0 radical (unpaired) electrons. The predicted octanol–water partition coefficient (Wildman–Crippen LogP) is 0.611. The van der Waals surface area contributed by atoms with E-state index in [1.165, 1.54) is 0 Å². The largest absolute Gasteiger partial charge is 0.480 e. The highest BCUT2D eigenvalue weighted by Gasteiger charge is 2.27. The van der Waals surface area contributed by atoms with Crippen molar-refractivity contribution in [2.75, 3.05) is 0 Å². The summed E-state index contributed by atoms with van der Waals surface area (Å²) in [4.78, 5) is 46.9. The summed E-state index contributed by atoms with van der Waals surface area (Å²) in [5.41, 5.74) is 1.34. The first-order chi connectivity index (χ1) is 13.4. The summed E-state index contributed by atoms with van der Waals surface area (Å²) in [5.74, 6) is -5.02. The molecule has 2 rings (SSSR count). The van der Waals surface area contributed by atoms with Crippen LogP contribution in [0.5, 0.6) is 0 Å². The van der Waals surface area contributed by atoms with Gasteiger partial charge < -0.3 is 20.8 Å². The molecular formula is C20H20N2O6. The van der Waals surface area contributed by atoms with Crippen LogP contribution in [0.1, 0.15) is 11.1 Å². The van der Waals surface area contributed by atoms with Crippen LogP contribution in [0.4, 0.5) is 0 Å². The fraction of sp³-hybridized carbons (Fsp3) is 0.200. The van der Waals surface area contributed by atoms with Crippen LogP contribution in [0.2, 0.25) is 0 Å². The third-order valence-corrected chi connectivity index (χ3v) is 3.98. The lowest BCUT2D eigenvalue weighted by atomic mass is 10.1. The zero-order chi connectivity index (χ0) is 20.5.